The van der Waals surface area contributed by atoms with Crippen LogP contribution in [0.1, 0.15) is 57.8 Å². The Labute approximate surface area is 283 Å². The van der Waals surface area contributed by atoms with Crippen molar-refractivity contribution in [3.63, 3.8) is 0 Å². The van der Waals surface area contributed by atoms with E-state index in [1.165, 1.54) is 21.8 Å². The van der Waals surface area contributed by atoms with E-state index in [0.717, 1.165) is 68.6 Å². The standard InChI is InChI=1S/C36H51N7O3S/c1-41(2)27-16-14-25-21-26-15-17-28(42(3)4)23-31(26)43(30(25)22-27)20-10-13-34(45)38-19-9-5-8-18-37-33(44)12-7-6-11-32-35-29(24-47-32)39-36(46)40-35/h14-17,21-23,29,32,35H,5-13,18-20,24H2,1-4H3,(H3-,37,38,39,40,44,45,46)/p+1. The zero-order chi connectivity index (χ0) is 33.3. The number of nitrogens with zero attached hydrogens (tertiary/aromatic N) is 3. The normalized spacial score (nSPS) is 18.6. The third-order valence-corrected chi connectivity index (χ3v) is 10.8. The summed E-state index contributed by atoms with van der Waals surface area (Å²) in [5, 5.41) is 15.0. The lowest BCUT2D eigenvalue weighted by atomic mass is 10.0. The summed E-state index contributed by atoms with van der Waals surface area (Å²) in [6.07, 6.45) is 7.45. The first-order valence-electron chi connectivity index (χ1n) is 17.2. The van der Waals surface area contributed by atoms with E-state index in [0.29, 0.717) is 31.2 Å². The first-order chi connectivity index (χ1) is 22.7. The quantitative estimate of drug-likeness (QED) is 0.0743. The number of hydrogen-bond donors (Lipinski definition) is 4. The zero-order valence-corrected chi connectivity index (χ0v) is 29.3. The van der Waals surface area contributed by atoms with Gasteiger partial charge < -0.3 is 31.1 Å². The fourth-order valence-corrected chi connectivity index (χ4v) is 8.14. The minimum absolute atomic E-state index is 0.0501. The second-order valence-corrected chi connectivity index (χ2v) is 14.6. The van der Waals surface area contributed by atoms with Crippen molar-refractivity contribution in [2.24, 2.45) is 0 Å². The van der Waals surface area contributed by atoms with Crippen molar-refractivity contribution in [1.29, 1.82) is 0 Å². The second kappa shape index (κ2) is 16.4. The topological polar surface area (TPSA) is 110 Å². The number of amides is 4. The lowest BCUT2D eigenvalue weighted by Crippen LogP contribution is -2.37. The molecule has 4 N–H and O–H groups in total. The SMILES string of the molecule is CN(C)c1ccc2cc3ccc(N(C)C)cc3[n+](CCCC(=O)NCCCCCNC(=O)CCCCC3SCC4NC(=O)NC43)c2c1. The van der Waals surface area contributed by atoms with Crippen molar-refractivity contribution in [3.8, 4) is 0 Å². The number of benzene rings is 2. The molecule has 3 heterocycles. The highest BCUT2D eigenvalue weighted by Crippen LogP contribution is 2.33. The molecular formula is C36H52N7O3S+. The summed E-state index contributed by atoms with van der Waals surface area (Å²) in [6.45, 7) is 2.09. The third-order valence-electron chi connectivity index (χ3n) is 9.32. The Morgan fingerprint density at radius 1 is 0.787 bits per heavy atom. The molecule has 0 radical (unpaired) electrons. The molecule has 3 aromatic rings. The minimum atomic E-state index is -0.0501. The number of hydrogen-bond acceptors (Lipinski definition) is 6. The number of urea groups is 1. The van der Waals surface area contributed by atoms with Gasteiger partial charge in [0, 0.05) is 106 Å². The number of nitrogens with one attached hydrogen (secondary N) is 4. The average molecular weight is 663 g/mol. The van der Waals surface area contributed by atoms with Crippen LogP contribution in [0, 0.1) is 0 Å². The molecule has 3 unspecified atom stereocenters. The van der Waals surface area contributed by atoms with Crippen LogP contribution in [0.15, 0.2) is 42.5 Å². The van der Waals surface area contributed by atoms with Gasteiger partial charge in [0.1, 0.15) is 6.54 Å². The summed E-state index contributed by atoms with van der Waals surface area (Å²) in [7, 11) is 8.23. The fraction of sp³-hybridized carbons (Fsp3) is 0.556. The van der Waals surface area contributed by atoms with Crippen molar-refractivity contribution < 1.29 is 19.0 Å². The Hall–Kier alpha value is -3.73. The molecule has 2 aliphatic rings. The van der Waals surface area contributed by atoms with E-state index in [9.17, 15) is 14.4 Å². The smallest absolute Gasteiger partial charge is 0.315 e. The number of aromatic nitrogens is 1. The number of carbonyl (C=O) groups excluding carboxylic acids is 3. The Morgan fingerprint density at radius 2 is 1.38 bits per heavy atom. The fourth-order valence-electron chi connectivity index (χ4n) is 6.60. The monoisotopic (exact) mass is 662 g/mol. The molecule has 1 aromatic heterocycles. The molecule has 11 heteroatoms. The maximum Gasteiger partial charge on any atom is 0.315 e. The lowest BCUT2D eigenvalue weighted by Gasteiger charge is -2.16. The molecule has 2 aromatic carbocycles. The molecular weight excluding hydrogens is 611 g/mol. The number of thioether (sulfide) groups is 1. The lowest BCUT2D eigenvalue weighted by molar-refractivity contribution is -0.645. The van der Waals surface area contributed by atoms with Crippen molar-refractivity contribution in [2.75, 3.05) is 56.8 Å². The molecule has 0 spiro atoms. The van der Waals surface area contributed by atoms with Crippen LogP contribution < -0.4 is 35.6 Å². The Morgan fingerprint density at radius 3 is 1.98 bits per heavy atom. The molecule has 4 amide bonds. The van der Waals surface area contributed by atoms with Crippen LogP contribution in [-0.4, -0.2) is 82.2 Å². The number of aryl methyl sites for hydroxylation is 1. The van der Waals surface area contributed by atoms with Gasteiger partial charge in [0.2, 0.25) is 22.8 Å². The summed E-state index contributed by atoms with van der Waals surface area (Å²) >= 11 is 1.92. The molecule has 2 saturated heterocycles. The Kier molecular flexibility index (Phi) is 12.1. The number of fused-ring (bicyclic) bond motifs is 3. The molecule has 2 aliphatic heterocycles. The predicted molar refractivity (Wildman–Crippen MR) is 193 cm³/mol. The van der Waals surface area contributed by atoms with Gasteiger partial charge in [-0.05, 0) is 62.4 Å². The first kappa shape index (κ1) is 34.6. The largest absolute Gasteiger partial charge is 0.377 e. The van der Waals surface area contributed by atoms with Gasteiger partial charge in [-0.1, -0.05) is 6.42 Å². The third kappa shape index (κ3) is 9.21. The average Bonchev–Trinajstić information content (AvgIpc) is 3.60. The molecule has 0 bridgehead atoms. The van der Waals surface area contributed by atoms with Crippen LogP contribution in [0.4, 0.5) is 16.2 Å². The summed E-state index contributed by atoms with van der Waals surface area (Å²) in [5.41, 5.74) is 4.65. The maximum atomic E-state index is 12.7. The van der Waals surface area contributed by atoms with Crippen molar-refractivity contribution in [2.45, 2.75) is 81.7 Å². The van der Waals surface area contributed by atoms with Crippen LogP contribution in [-0.2, 0) is 16.1 Å². The van der Waals surface area contributed by atoms with Gasteiger partial charge in [-0.15, -0.1) is 0 Å². The van der Waals surface area contributed by atoms with Gasteiger partial charge in [-0.2, -0.15) is 16.3 Å². The van der Waals surface area contributed by atoms with E-state index in [4.69, 9.17) is 0 Å². The van der Waals surface area contributed by atoms with Gasteiger partial charge in [0.25, 0.3) is 0 Å². The van der Waals surface area contributed by atoms with Crippen LogP contribution in [0.25, 0.3) is 21.8 Å². The van der Waals surface area contributed by atoms with E-state index in [1.807, 2.05) is 11.8 Å². The van der Waals surface area contributed by atoms with Crippen molar-refractivity contribution in [1.82, 2.24) is 21.3 Å². The van der Waals surface area contributed by atoms with Crippen LogP contribution >= 0.6 is 11.8 Å². The highest BCUT2D eigenvalue weighted by molar-refractivity contribution is 8.00. The molecule has 0 aliphatic carbocycles. The maximum absolute atomic E-state index is 12.7. The Bertz CT molecular complexity index is 1500. The predicted octanol–water partition coefficient (Wildman–Crippen LogP) is 4.32. The van der Waals surface area contributed by atoms with Gasteiger partial charge in [0.15, 0.2) is 0 Å². The van der Waals surface area contributed by atoms with Crippen LogP contribution in [0.3, 0.4) is 0 Å². The Balaban J connectivity index is 0.976. The summed E-state index contributed by atoms with van der Waals surface area (Å²) in [4.78, 5) is 40.7. The summed E-state index contributed by atoms with van der Waals surface area (Å²) in [5.74, 6) is 1.17. The highest BCUT2D eigenvalue weighted by Gasteiger charge is 2.42. The molecule has 10 nitrogen and oxygen atoms in total. The number of carbonyl (C=O) groups is 3. The van der Waals surface area contributed by atoms with Gasteiger partial charge >= 0.3 is 6.03 Å². The number of rotatable bonds is 17. The van der Waals surface area contributed by atoms with E-state index in [1.54, 1.807) is 0 Å². The number of unbranched alkanes of at least 4 members (excludes halogenated alkanes) is 3. The number of anilines is 2. The van der Waals surface area contributed by atoms with Gasteiger partial charge in [-0.25, -0.2) is 4.79 Å². The van der Waals surface area contributed by atoms with E-state index in [2.05, 4.69) is 106 Å². The minimum Gasteiger partial charge on any atom is -0.377 e. The van der Waals surface area contributed by atoms with E-state index < -0.39 is 0 Å². The van der Waals surface area contributed by atoms with Gasteiger partial charge in [-0.3, -0.25) is 9.59 Å². The zero-order valence-electron chi connectivity index (χ0n) is 28.4. The van der Waals surface area contributed by atoms with E-state index >= 15 is 0 Å². The molecule has 254 valence electrons. The molecule has 47 heavy (non-hydrogen) atoms. The second-order valence-electron chi connectivity index (χ2n) is 13.3. The van der Waals surface area contributed by atoms with E-state index in [-0.39, 0.29) is 29.9 Å². The van der Waals surface area contributed by atoms with Gasteiger partial charge in [0.05, 0.1) is 12.1 Å². The number of pyridine rings is 1. The molecule has 0 saturated carbocycles. The van der Waals surface area contributed by atoms with Crippen LogP contribution in [0.2, 0.25) is 0 Å². The van der Waals surface area contributed by atoms with Crippen molar-refractivity contribution >= 4 is 62.8 Å². The van der Waals surface area contributed by atoms with Crippen LogP contribution in [0.5, 0.6) is 0 Å². The first-order valence-corrected chi connectivity index (χ1v) is 18.2. The summed E-state index contributed by atoms with van der Waals surface area (Å²) < 4.78 is 2.36. The summed E-state index contributed by atoms with van der Waals surface area (Å²) in [6, 6.07) is 15.8. The highest BCUT2D eigenvalue weighted by atomic mass is 32.2. The molecule has 5 rings (SSSR count). The molecule has 2 fully saturated rings. The molecule has 3 atom stereocenters. The van der Waals surface area contributed by atoms with Crippen molar-refractivity contribution in [3.05, 3.63) is 42.5 Å².